The molecule has 3 rings (SSSR count). The van der Waals surface area contributed by atoms with Crippen molar-refractivity contribution in [2.45, 2.75) is 25.5 Å². The summed E-state index contributed by atoms with van der Waals surface area (Å²) in [5, 5.41) is 5.60. The summed E-state index contributed by atoms with van der Waals surface area (Å²) in [5.41, 5.74) is 1.14. The van der Waals surface area contributed by atoms with E-state index in [1.807, 2.05) is 16.9 Å². The van der Waals surface area contributed by atoms with Gasteiger partial charge in [0.05, 0.1) is 11.7 Å². The summed E-state index contributed by atoms with van der Waals surface area (Å²) >= 11 is 3.49. The number of hydrogen-bond donors (Lipinski definition) is 0. The van der Waals surface area contributed by atoms with Crippen LogP contribution in [0.1, 0.15) is 25.5 Å². The molecule has 0 saturated carbocycles. The quantitative estimate of drug-likeness (QED) is 0.800. The van der Waals surface area contributed by atoms with Crippen molar-refractivity contribution in [2.24, 2.45) is 0 Å². The molecule has 0 aliphatic carbocycles. The second-order valence-corrected chi connectivity index (χ2v) is 5.03. The van der Waals surface area contributed by atoms with Crippen molar-refractivity contribution in [3.8, 4) is 0 Å². The second-order valence-electron chi connectivity index (χ2n) is 4.11. The number of benzene rings is 1. The third kappa shape index (κ3) is 1.76. The van der Waals surface area contributed by atoms with Crippen molar-refractivity contribution < 1.29 is 4.74 Å². The highest BCUT2D eigenvalue weighted by Crippen LogP contribution is 2.27. The predicted molar refractivity (Wildman–Crippen MR) is 66.3 cm³/mol. The maximum atomic E-state index is 5.76. The van der Waals surface area contributed by atoms with Crippen LogP contribution in [0.5, 0.6) is 0 Å². The lowest BCUT2D eigenvalue weighted by atomic mass is 10.2. The van der Waals surface area contributed by atoms with Gasteiger partial charge in [-0.1, -0.05) is 22.0 Å². The Morgan fingerprint density at radius 3 is 3.12 bits per heavy atom. The Bertz CT molecular complexity index is 503. The van der Waals surface area contributed by atoms with Crippen LogP contribution in [0.2, 0.25) is 0 Å². The summed E-state index contributed by atoms with van der Waals surface area (Å²) in [5.74, 6) is 0. The molecule has 2 heterocycles. The van der Waals surface area contributed by atoms with Crippen molar-refractivity contribution in [3.05, 3.63) is 28.9 Å². The summed E-state index contributed by atoms with van der Waals surface area (Å²) in [6.45, 7) is 0.847. The Morgan fingerprint density at radius 1 is 1.38 bits per heavy atom. The number of fused-ring (bicyclic) bond motifs is 1. The zero-order chi connectivity index (χ0) is 11.0. The first kappa shape index (κ1) is 10.3. The smallest absolute Gasteiger partial charge is 0.150 e. The summed E-state index contributed by atoms with van der Waals surface area (Å²) in [4.78, 5) is 0. The first-order valence-electron chi connectivity index (χ1n) is 5.59. The van der Waals surface area contributed by atoms with Gasteiger partial charge in [0.2, 0.25) is 0 Å². The molecule has 16 heavy (non-hydrogen) atoms. The minimum absolute atomic E-state index is 0.112. The SMILES string of the molecule is Brc1ccc2cnn([C@H]3CCCCO3)c2c1. The molecule has 1 aliphatic heterocycles. The van der Waals surface area contributed by atoms with Crippen LogP contribution in [0.4, 0.5) is 0 Å². The lowest BCUT2D eigenvalue weighted by Gasteiger charge is -2.23. The Labute approximate surface area is 103 Å². The number of halogens is 1. The highest BCUT2D eigenvalue weighted by molar-refractivity contribution is 9.10. The number of nitrogens with zero attached hydrogens (tertiary/aromatic N) is 2. The fraction of sp³-hybridized carbons (Fsp3) is 0.417. The van der Waals surface area contributed by atoms with Crippen LogP contribution in [0, 0.1) is 0 Å². The van der Waals surface area contributed by atoms with Gasteiger partial charge in [-0.2, -0.15) is 5.10 Å². The number of hydrogen-bond acceptors (Lipinski definition) is 2. The summed E-state index contributed by atoms with van der Waals surface area (Å²) in [6.07, 6.45) is 5.46. The molecule has 84 valence electrons. The topological polar surface area (TPSA) is 27.1 Å². The largest absolute Gasteiger partial charge is 0.356 e. The van der Waals surface area contributed by atoms with Gasteiger partial charge >= 0.3 is 0 Å². The Balaban J connectivity index is 2.05. The summed E-state index contributed by atoms with van der Waals surface area (Å²) in [7, 11) is 0. The van der Waals surface area contributed by atoms with E-state index in [1.165, 1.54) is 12.8 Å². The average Bonchev–Trinajstić information content (AvgIpc) is 2.73. The summed E-state index contributed by atoms with van der Waals surface area (Å²) in [6, 6.07) is 6.21. The Morgan fingerprint density at radius 2 is 2.31 bits per heavy atom. The van der Waals surface area contributed by atoms with Gasteiger partial charge in [-0.3, -0.25) is 0 Å². The van der Waals surface area contributed by atoms with Gasteiger partial charge in [0.25, 0.3) is 0 Å². The molecule has 1 aromatic heterocycles. The third-order valence-corrected chi connectivity index (χ3v) is 3.48. The first-order valence-corrected chi connectivity index (χ1v) is 6.38. The normalized spacial score (nSPS) is 21.4. The molecule has 4 heteroatoms. The number of aromatic nitrogens is 2. The van der Waals surface area contributed by atoms with Crippen LogP contribution >= 0.6 is 15.9 Å². The highest BCUT2D eigenvalue weighted by atomic mass is 79.9. The van der Waals surface area contributed by atoms with E-state index in [9.17, 15) is 0 Å². The van der Waals surface area contributed by atoms with Crippen molar-refractivity contribution in [1.82, 2.24) is 9.78 Å². The van der Waals surface area contributed by atoms with Gasteiger partial charge < -0.3 is 4.74 Å². The van der Waals surface area contributed by atoms with E-state index in [0.29, 0.717) is 0 Å². The monoisotopic (exact) mass is 280 g/mol. The van der Waals surface area contributed by atoms with Crippen molar-refractivity contribution in [2.75, 3.05) is 6.61 Å². The minimum Gasteiger partial charge on any atom is -0.356 e. The van der Waals surface area contributed by atoms with E-state index >= 15 is 0 Å². The van der Waals surface area contributed by atoms with Crippen molar-refractivity contribution >= 4 is 26.8 Å². The standard InChI is InChI=1S/C12H13BrN2O/c13-10-5-4-9-8-14-15(11(9)7-10)12-3-1-2-6-16-12/h4-5,7-8,12H,1-3,6H2/t12-/m1/s1. The van der Waals surface area contributed by atoms with Crippen molar-refractivity contribution in [1.29, 1.82) is 0 Å². The fourth-order valence-electron chi connectivity index (χ4n) is 2.16. The van der Waals surface area contributed by atoms with Crippen LogP contribution in [0.3, 0.4) is 0 Å². The van der Waals surface area contributed by atoms with E-state index in [4.69, 9.17) is 4.74 Å². The summed E-state index contributed by atoms with van der Waals surface area (Å²) < 4.78 is 8.84. The van der Waals surface area contributed by atoms with Gasteiger partial charge in [0.1, 0.15) is 0 Å². The molecule has 1 fully saturated rings. The van der Waals surface area contributed by atoms with Crippen LogP contribution in [0.15, 0.2) is 28.9 Å². The molecule has 0 spiro atoms. The fourth-order valence-corrected chi connectivity index (χ4v) is 2.51. The van der Waals surface area contributed by atoms with E-state index in [2.05, 4.69) is 33.2 Å². The molecule has 1 aliphatic rings. The van der Waals surface area contributed by atoms with Gasteiger partial charge in [-0.25, -0.2) is 4.68 Å². The van der Waals surface area contributed by atoms with Crippen LogP contribution in [0.25, 0.3) is 10.9 Å². The third-order valence-electron chi connectivity index (χ3n) is 2.99. The van der Waals surface area contributed by atoms with Crippen molar-refractivity contribution in [3.63, 3.8) is 0 Å². The van der Waals surface area contributed by atoms with E-state index < -0.39 is 0 Å². The lowest BCUT2D eigenvalue weighted by Crippen LogP contribution is -2.18. The predicted octanol–water partition coefficient (Wildman–Crippen LogP) is 3.50. The van der Waals surface area contributed by atoms with E-state index in [1.54, 1.807) is 0 Å². The maximum absolute atomic E-state index is 5.76. The molecule has 0 unspecified atom stereocenters. The first-order chi connectivity index (χ1) is 7.84. The molecular formula is C12H13BrN2O. The van der Waals surface area contributed by atoms with Crippen LogP contribution in [-0.4, -0.2) is 16.4 Å². The van der Waals surface area contributed by atoms with E-state index in [-0.39, 0.29) is 6.23 Å². The van der Waals surface area contributed by atoms with Gasteiger partial charge in [-0.15, -0.1) is 0 Å². The average molecular weight is 281 g/mol. The van der Waals surface area contributed by atoms with Crippen LogP contribution < -0.4 is 0 Å². The van der Waals surface area contributed by atoms with Gasteiger partial charge in [0.15, 0.2) is 6.23 Å². The van der Waals surface area contributed by atoms with Crippen LogP contribution in [-0.2, 0) is 4.74 Å². The molecule has 0 bridgehead atoms. The Kier molecular flexibility index (Phi) is 2.69. The molecule has 3 nitrogen and oxygen atoms in total. The molecule has 1 atom stereocenters. The molecule has 0 N–H and O–H groups in total. The molecule has 0 radical (unpaired) electrons. The second kappa shape index (κ2) is 4.18. The minimum atomic E-state index is 0.112. The number of ether oxygens (including phenoxy) is 1. The molecule has 0 amide bonds. The highest BCUT2D eigenvalue weighted by Gasteiger charge is 2.18. The lowest BCUT2D eigenvalue weighted by molar-refractivity contribution is -0.0366. The Hall–Kier alpha value is -0.870. The maximum Gasteiger partial charge on any atom is 0.150 e. The zero-order valence-electron chi connectivity index (χ0n) is 8.90. The van der Waals surface area contributed by atoms with Gasteiger partial charge in [0, 0.05) is 16.5 Å². The number of rotatable bonds is 1. The molecule has 1 saturated heterocycles. The van der Waals surface area contributed by atoms with Gasteiger partial charge in [-0.05, 0) is 31.4 Å². The molecular weight excluding hydrogens is 268 g/mol. The van der Waals surface area contributed by atoms with E-state index in [0.717, 1.165) is 28.4 Å². The molecule has 2 aromatic rings. The zero-order valence-corrected chi connectivity index (χ0v) is 10.5. The molecule has 1 aromatic carbocycles.